The van der Waals surface area contributed by atoms with Crippen LogP contribution in [0.3, 0.4) is 0 Å². The van der Waals surface area contributed by atoms with Gasteiger partial charge in [-0.15, -0.1) is 0 Å². The summed E-state index contributed by atoms with van der Waals surface area (Å²) in [6, 6.07) is 1.38. The van der Waals surface area contributed by atoms with Gasteiger partial charge in [0.15, 0.2) is 0 Å². The largest absolute Gasteiger partial charge is 0.309 e. The average molecular weight is 218 g/mol. The first kappa shape index (κ1) is 11.3. The van der Waals surface area contributed by atoms with Crippen molar-refractivity contribution in [1.29, 1.82) is 0 Å². The van der Waals surface area contributed by atoms with Crippen molar-refractivity contribution in [3.8, 4) is 0 Å². The molecular weight excluding hydrogens is 198 g/mol. The van der Waals surface area contributed by atoms with Crippen LogP contribution in [0, 0.1) is 5.92 Å². The Morgan fingerprint density at radius 2 is 1.67 bits per heavy atom. The molecule has 0 amide bonds. The summed E-state index contributed by atoms with van der Waals surface area (Å²) in [5.74, 6) is -0.338. The second-order valence-corrected chi connectivity index (χ2v) is 5.14. The van der Waals surface area contributed by atoms with Crippen molar-refractivity contribution < 1.29 is 8.78 Å². The Morgan fingerprint density at radius 1 is 1.13 bits per heavy atom. The van der Waals surface area contributed by atoms with E-state index in [4.69, 9.17) is 0 Å². The van der Waals surface area contributed by atoms with Crippen LogP contribution >= 0.6 is 0 Å². The summed E-state index contributed by atoms with van der Waals surface area (Å²) in [4.78, 5) is 2.38. The number of alkyl halides is 2. The van der Waals surface area contributed by atoms with Gasteiger partial charge in [-0.05, 0) is 26.7 Å². The molecule has 2 atom stereocenters. The van der Waals surface area contributed by atoms with E-state index in [1.54, 1.807) is 0 Å². The number of nitrogens with one attached hydrogen (secondary N) is 1. The van der Waals surface area contributed by atoms with Gasteiger partial charge >= 0.3 is 0 Å². The first-order valence-electron chi connectivity index (χ1n) is 5.84. The third kappa shape index (κ3) is 2.48. The fourth-order valence-electron chi connectivity index (χ4n) is 2.80. The van der Waals surface area contributed by atoms with Gasteiger partial charge in [-0.1, -0.05) is 0 Å². The first-order valence-corrected chi connectivity index (χ1v) is 5.84. The monoisotopic (exact) mass is 218 g/mol. The minimum Gasteiger partial charge on any atom is -0.309 e. The topological polar surface area (TPSA) is 15.3 Å². The Balaban J connectivity index is 1.80. The van der Waals surface area contributed by atoms with Crippen LogP contribution < -0.4 is 5.32 Å². The summed E-state index contributed by atoms with van der Waals surface area (Å²) in [6.07, 6.45) is -0.729. The number of hydrogen-bond acceptors (Lipinski definition) is 2. The highest BCUT2D eigenvalue weighted by molar-refractivity contribution is 4.93. The molecule has 88 valence electrons. The standard InChI is InChI=1S/C11H20F2N2/c1-7-5-15(6-8(2)14-7)10-3-9(4-10)11(12)13/h7-11,14H,3-6H2,1-2H3/t7-,8+,9?,10?. The molecule has 15 heavy (non-hydrogen) atoms. The molecule has 0 aromatic heterocycles. The molecule has 1 saturated heterocycles. The van der Waals surface area contributed by atoms with Crippen molar-refractivity contribution in [3.05, 3.63) is 0 Å². The Kier molecular flexibility index (Phi) is 3.26. The molecule has 1 heterocycles. The van der Waals surface area contributed by atoms with E-state index in [1.807, 2.05) is 0 Å². The average Bonchev–Trinajstić information content (AvgIpc) is 1.97. The summed E-state index contributed by atoms with van der Waals surface area (Å²) >= 11 is 0. The molecule has 0 bridgehead atoms. The van der Waals surface area contributed by atoms with E-state index in [0.29, 0.717) is 31.0 Å². The third-order valence-electron chi connectivity index (χ3n) is 3.61. The van der Waals surface area contributed by atoms with Crippen molar-refractivity contribution >= 4 is 0 Å². The molecule has 2 nitrogen and oxygen atoms in total. The van der Waals surface area contributed by atoms with Crippen LogP contribution in [0.25, 0.3) is 0 Å². The lowest BCUT2D eigenvalue weighted by atomic mass is 9.79. The summed E-state index contributed by atoms with van der Waals surface area (Å²) in [6.45, 7) is 6.33. The van der Waals surface area contributed by atoms with Crippen LogP contribution in [-0.2, 0) is 0 Å². The predicted octanol–water partition coefficient (Wildman–Crippen LogP) is 1.71. The van der Waals surface area contributed by atoms with Gasteiger partial charge in [0.05, 0.1) is 0 Å². The molecule has 0 spiro atoms. The minimum absolute atomic E-state index is 0.338. The lowest BCUT2D eigenvalue weighted by Crippen LogP contribution is -2.59. The lowest BCUT2D eigenvalue weighted by Gasteiger charge is -2.47. The second-order valence-electron chi connectivity index (χ2n) is 5.14. The summed E-state index contributed by atoms with van der Waals surface area (Å²) in [7, 11) is 0. The normalized spacial score (nSPS) is 43.0. The van der Waals surface area contributed by atoms with Gasteiger partial charge in [-0.25, -0.2) is 8.78 Å². The van der Waals surface area contributed by atoms with Crippen LogP contribution in [0.1, 0.15) is 26.7 Å². The molecule has 2 fully saturated rings. The van der Waals surface area contributed by atoms with E-state index in [0.717, 1.165) is 13.1 Å². The molecule has 1 saturated carbocycles. The van der Waals surface area contributed by atoms with Crippen molar-refractivity contribution in [3.63, 3.8) is 0 Å². The molecule has 1 N–H and O–H groups in total. The Hall–Kier alpha value is -0.220. The molecule has 0 aromatic carbocycles. The summed E-state index contributed by atoms with van der Waals surface area (Å²) < 4.78 is 24.7. The number of nitrogens with zero attached hydrogens (tertiary/aromatic N) is 1. The van der Waals surface area contributed by atoms with Gasteiger partial charge in [0.1, 0.15) is 0 Å². The zero-order chi connectivity index (χ0) is 11.0. The van der Waals surface area contributed by atoms with E-state index < -0.39 is 6.43 Å². The molecule has 1 aliphatic heterocycles. The minimum atomic E-state index is -2.11. The SMILES string of the molecule is C[C@@H]1CN(C2CC(C(F)F)C2)C[C@H](C)N1. The molecule has 0 aromatic rings. The Morgan fingerprint density at radius 3 is 2.13 bits per heavy atom. The maximum Gasteiger partial charge on any atom is 0.241 e. The number of halogens is 2. The van der Waals surface area contributed by atoms with Gasteiger partial charge < -0.3 is 5.32 Å². The van der Waals surface area contributed by atoms with Crippen LogP contribution in [0.2, 0.25) is 0 Å². The highest BCUT2D eigenvalue weighted by atomic mass is 19.3. The predicted molar refractivity (Wildman–Crippen MR) is 56.1 cm³/mol. The fourth-order valence-corrected chi connectivity index (χ4v) is 2.80. The van der Waals surface area contributed by atoms with Gasteiger partial charge in [0, 0.05) is 37.1 Å². The summed E-state index contributed by atoms with van der Waals surface area (Å²) in [5, 5.41) is 3.46. The van der Waals surface area contributed by atoms with Crippen LogP contribution in [0.5, 0.6) is 0 Å². The highest BCUT2D eigenvalue weighted by Gasteiger charge is 2.40. The first-order chi connectivity index (χ1) is 7.06. The van der Waals surface area contributed by atoms with Gasteiger partial charge in [-0.3, -0.25) is 4.90 Å². The molecule has 2 rings (SSSR count). The Labute approximate surface area is 90.0 Å². The Bertz CT molecular complexity index is 207. The van der Waals surface area contributed by atoms with Gasteiger partial charge in [0.25, 0.3) is 0 Å². The van der Waals surface area contributed by atoms with E-state index in [1.165, 1.54) is 0 Å². The molecule has 0 unspecified atom stereocenters. The van der Waals surface area contributed by atoms with E-state index in [2.05, 4.69) is 24.1 Å². The zero-order valence-electron chi connectivity index (χ0n) is 9.42. The van der Waals surface area contributed by atoms with E-state index >= 15 is 0 Å². The fraction of sp³-hybridized carbons (Fsp3) is 1.00. The quantitative estimate of drug-likeness (QED) is 0.759. The number of hydrogen-bond donors (Lipinski definition) is 1. The van der Waals surface area contributed by atoms with Gasteiger partial charge in [-0.2, -0.15) is 0 Å². The molecule has 1 aliphatic carbocycles. The maximum absolute atomic E-state index is 12.3. The van der Waals surface area contributed by atoms with Crippen molar-refractivity contribution in [2.75, 3.05) is 13.1 Å². The van der Waals surface area contributed by atoms with Gasteiger partial charge in [0.2, 0.25) is 6.43 Å². The lowest BCUT2D eigenvalue weighted by molar-refractivity contribution is -0.0332. The van der Waals surface area contributed by atoms with Crippen LogP contribution in [0.4, 0.5) is 8.78 Å². The van der Waals surface area contributed by atoms with Crippen molar-refractivity contribution in [2.45, 2.75) is 51.2 Å². The molecule has 2 aliphatic rings. The van der Waals surface area contributed by atoms with E-state index in [-0.39, 0.29) is 5.92 Å². The zero-order valence-corrected chi connectivity index (χ0v) is 9.42. The second kappa shape index (κ2) is 4.34. The molecule has 4 heteroatoms. The van der Waals surface area contributed by atoms with Crippen molar-refractivity contribution in [2.24, 2.45) is 5.92 Å². The third-order valence-corrected chi connectivity index (χ3v) is 3.61. The molecular formula is C11H20F2N2. The van der Waals surface area contributed by atoms with E-state index in [9.17, 15) is 8.78 Å². The van der Waals surface area contributed by atoms with Crippen LogP contribution in [-0.4, -0.2) is 42.5 Å². The highest BCUT2D eigenvalue weighted by Crippen LogP contribution is 2.36. The van der Waals surface area contributed by atoms with Crippen LogP contribution in [0.15, 0.2) is 0 Å². The van der Waals surface area contributed by atoms with Crippen molar-refractivity contribution in [1.82, 2.24) is 10.2 Å². The smallest absolute Gasteiger partial charge is 0.241 e. The number of rotatable bonds is 2. The summed E-state index contributed by atoms with van der Waals surface area (Å²) in [5.41, 5.74) is 0. The maximum atomic E-state index is 12.3. The molecule has 0 radical (unpaired) electrons. The number of piperazine rings is 1.